The zero-order chi connectivity index (χ0) is 47.4. The Morgan fingerprint density at radius 1 is 0.647 bits per heavy atom. The highest BCUT2D eigenvalue weighted by molar-refractivity contribution is 6.30. The number of hydrogen-bond acceptors (Lipinski definition) is 9. The number of pyridine rings is 2. The van der Waals surface area contributed by atoms with Gasteiger partial charge in [-0.2, -0.15) is 0 Å². The fraction of sp³-hybridized carbons (Fsp3) is 0.321. The number of aromatic nitrogens is 2. The zero-order valence-electron chi connectivity index (χ0n) is 37.1. The number of carboxylic acid groups (broad SMARTS) is 1. The lowest BCUT2D eigenvalue weighted by Gasteiger charge is -2.32. The Labute approximate surface area is 408 Å². The Bertz CT molecular complexity index is 2410. The van der Waals surface area contributed by atoms with Crippen molar-refractivity contribution in [2.45, 2.75) is 45.2 Å². The molecule has 8 rings (SSSR count). The van der Waals surface area contributed by atoms with Gasteiger partial charge in [-0.3, -0.25) is 29.4 Å². The number of piperidine rings is 2. The van der Waals surface area contributed by atoms with Gasteiger partial charge in [0.05, 0.1) is 30.4 Å². The van der Waals surface area contributed by atoms with E-state index < -0.39 is 29.7 Å². The molecule has 0 saturated carbocycles. The Balaban J connectivity index is 0.000000208. The van der Waals surface area contributed by atoms with Crippen LogP contribution in [0.3, 0.4) is 0 Å². The predicted octanol–water partition coefficient (Wildman–Crippen LogP) is 10.3. The molecule has 0 radical (unpaired) electrons. The molecule has 2 aromatic heterocycles. The van der Waals surface area contributed by atoms with E-state index in [2.05, 4.69) is 25.1 Å². The number of carbonyl (C=O) groups is 2. The van der Waals surface area contributed by atoms with Crippen molar-refractivity contribution in [2.24, 2.45) is 17.6 Å². The molecule has 4 heterocycles. The molecule has 360 valence electrons. The number of rotatable bonds is 15. The predicted molar refractivity (Wildman–Crippen MR) is 264 cm³/mol. The number of para-hydroxylation sites is 2. The highest BCUT2D eigenvalue weighted by Crippen LogP contribution is 2.28. The van der Waals surface area contributed by atoms with Crippen LogP contribution in [0.2, 0.25) is 10.0 Å². The molecule has 68 heavy (non-hydrogen) atoms. The lowest BCUT2D eigenvalue weighted by atomic mass is 9.93. The molecule has 0 bridgehead atoms. The van der Waals surface area contributed by atoms with Crippen molar-refractivity contribution in [3.8, 4) is 11.5 Å². The van der Waals surface area contributed by atoms with Crippen LogP contribution < -0.4 is 20.5 Å². The molecular weight excluding hydrogens is 910 g/mol. The molecule has 2 aliphatic heterocycles. The number of carbonyl (C=O) groups excluding carboxylic acids is 1. The van der Waals surface area contributed by atoms with E-state index in [-0.39, 0.29) is 25.2 Å². The van der Waals surface area contributed by atoms with Gasteiger partial charge in [0.25, 0.3) is 0 Å². The third-order valence-corrected chi connectivity index (χ3v) is 12.2. The van der Waals surface area contributed by atoms with Crippen molar-refractivity contribution in [3.63, 3.8) is 0 Å². The average Bonchev–Trinajstić information content (AvgIpc) is 3.35. The number of nitrogens with one attached hydrogen (secondary N) is 1. The van der Waals surface area contributed by atoms with Gasteiger partial charge in [-0.1, -0.05) is 91.3 Å². The smallest absolute Gasteiger partial charge is 0.306 e. The van der Waals surface area contributed by atoms with E-state index in [1.54, 1.807) is 48.5 Å². The molecule has 2 aliphatic rings. The molecule has 1 amide bonds. The fourth-order valence-corrected chi connectivity index (χ4v) is 8.06. The summed E-state index contributed by atoms with van der Waals surface area (Å²) in [4.78, 5) is 36.0. The SMILES string of the molecule is C.NC(c1ccc(Cl)cc1)c1ccncc1F.O=C(NC(c1ccc(Cl)cc1)c1ccncc1F)C1CCN(CCOc2ccccc2)CC1.O=C(O)C1CCN(CCOc2ccccc2)CC1. The van der Waals surface area contributed by atoms with Crippen LogP contribution in [0.4, 0.5) is 8.78 Å². The third-order valence-electron chi connectivity index (χ3n) is 11.7. The minimum absolute atomic E-state index is 0. The van der Waals surface area contributed by atoms with Crippen LogP contribution in [-0.2, 0) is 9.59 Å². The number of nitrogens with two attached hydrogens (primary N) is 1. The highest BCUT2D eigenvalue weighted by Gasteiger charge is 2.29. The monoisotopic (exact) mass is 968 g/mol. The van der Waals surface area contributed by atoms with Crippen LogP contribution in [-0.4, -0.2) is 89.2 Å². The van der Waals surface area contributed by atoms with Gasteiger partial charge in [-0.05, 0) is 124 Å². The standard InChI is InChI=1S/C26H27ClFN3O2.C14H19NO3.C12H10ClFN2.CH4/c27-21-8-6-19(7-9-21)25(23-10-13-29-18-24(23)28)30-26(32)20-11-14-31(15-12-20)16-17-33-22-4-2-1-3-5-22;16-14(17)12-6-8-15(9-7-12)10-11-18-13-4-2-1-3-5-13;13-9-3-1-8(2-4-9)12(15)10-5-6-16-7-11(10)14;/h1-10,13,18,20,25H,11-12,14-17H2,(H,30,32);1-5,12H,6-11H2,(H,16,17);1-7,12H,15H2;1H4. The number of ether oxygens (including phenoxy) is 2. The summed E-state index contributed by atoms with van der Waals surface area (Å²) < 4.78 is 39.4. The van der Waals surface area contributed by atoms with Crippen LogP contribution in [0.1, 0.15) is 67.4 Å². The molecule has 2 atom stereocenters. The second-order valence-corrected chi connectivity index (χ2v) is 17.1. The molecule has 6 aromatic rings. The summed E-state index contributed by atoms with van der Waals surface area (Å²) >= 11 is 11.8. The Morgan fingerprint density at radius 3 is 1.51 bits per heavy atom. The van der Waals surface area contributed by atoms with E-state index in [9.17, 15) is 18.4 Å². The number of halogens is 4. The molecule has 2 unspecified atom stereocenters. The summed E-state index contributed by atoms with van der Waals surface area (Å²) in [5, 5.41) is 13.2. The first kappa shape index (κ1) is 53.0. The van der Waals surface area contributed by atoms with Crippen LogP contribution in [0.15, 0.2) is 146 Å². The van der Waals surface area contributed by atoms with Crippen LogP contribution >= 0.6 is 23.2 Å². The first-order valence-electron chi connectivity index (χ1n) is 22.3. The van der Waals surface area contributed by atoms with E-state index in [1.165, 1.54) is 18.6 Å². The van der Waals surface area contributed by atoms with Crippen molar-refractivity contribution in [2.75, 3.05) is 52.5 Å². The summed E-state index contributed by atoms with van der Waals surface area (Å²) in [5.74, 6) is -0.0916. The molecular formula is C53H60Cl2F2N6O5. The largest absolute Gasteiger partial charge is 0.492 e. The quantitative estimate of drug-likeness (QED) is 0.0910. The zero-order valence-corrected chi connectivity index (χ0v) is 38.6. The van der Waals surface area contributed by atoms with Gasteiger partial charge in [0.15, 0.2) is 0 Å². The summed E-state index contributed by atoms with van der Waals surface area (Å²) in [7, 11) is 0. The number of amides is 1. The highest BCUT2D eigenvalue weighted by atomic mass is 35.5. The van der Waals surface area contributed by atoms with Gasteiger partial charge in [0.1, 0.15) is 36.3 Å². The van der Waals surface area contributed by atoms with Gasteiger partial charge in [0.2, 0.25) is 5.91 Å². The van der Waals surface area contributed by atoms with Crippen molar-refractivity contribution in [3.05, 3.63) is 190 Å². The number of benzene rings is 4. The lowest BCUT2D eigenvalue weighted by Crippen LogP contribution is -2.43. The van der Waals surface area contributed by atoms with E-state index in [0.29, 0.717) is 34.4 Å². The molecule has 11 nitrogen and oxygen atoms in total. The minimum atomic E-state index is -0.657. The average molecular weight is 970 g/mol. The Hall–Kier alpha value is -5.96. The summed E-state index contributed by atoms with van der Waals surface area (Å²) in [5.41, 5.74) is 8.36. The van der Waals surface area contributed by atoms with Crippen molar-refractivity contribution < 1.29 is 33.0 Å². The van der Waals surface area contributed by atoms with Crippen LogP contribution in [0.5, 0.6) is 11.5 Å². The maximum atomic E-state index is 14.5. The number of nitrogens with zero attached hydrogens (tertiary/aromatic N) is 4. The van der Waals surface area contributed by atoms with E-state index >= 15 is 0 Å². The lowest BCUT2D eigenvalue weighted by molar-refractivity contribution is -0.143. The fourth-order valence-electron chi connectivity index (χ4n) is 7.80. The second-order valence-electron chi connectivity index (χ2n) is 16.2. The summed E-state index contributed by atoms with van der Waals surface area (Å²) in [6.45, 7) is 6.31. The molecule has 2 saturated heterocycles. The second kappa shape index (κ2) is 27.8. The number of likely N-dealkylation sites (tertiary alicyclic amines) is 2. The van der Waals surface area contributed by atoms with Gasteiger partial charge in [0, 0.05) is 52.6 Å². The van der Waals surface area contributed by atoms with Crippen molar-refractivity contribution >= 4 is 35.1 Å². The van der Waals surface area contributed by atoms with Crippen molar-refractivity contribution in [1.29, 1.82) is 0 Å². The maximum Gasteiger partial charge on any atom is 0.306 e. The maximum absolute atomic E-state index is 14.5. The van der Waals surface area contributed by atoms with Gasteiger partial charge >= 0.3 is 5.97 Å². The van der Waals surface area contributed by atoms with Crippen LogP contribution in [0.25, 0.3) is 0 Å². The topological polar surface area (TPSA) is 143 Å². The van der Waals surface area contributed by atoms with Crippen LogP contribution in [0, 0.1) is 23.5 Å². The van der Waals surface area contributed by atoms with E-state index in [4.69, 9.17) is 43.5 Å². The first-order valence-corrected chi connectivity index (χ1v) is 23.1. The third kappa shape index (κ3) is 16.7. The first-order chi connectivity index (χ1) is 32.5. The molecule has 0 spiro atoms. The summed E-state index contributed by atoms with van der Waals surface area (Å²) in [6.07, 6.45) is 8.39. The van der Waals surface area contributed by atoms with E-state index in [0.717, 1.165) is 93.8 Å². The van der Waals surface area contributed by atoms with Gasteiger partial charge in [-0.15, -0.1) is 0 Å². The van der Waals surface area contributed by atoms with Crippen molar-refractivity contribution in [1.82, 2.24) is 25.1 Å². The molecule has 0 aliphatic carbocycles. The minimum Gasteiger partial charge on any atom is -0.492 e. The normalized spacial score (nSPS) is 15.2. The number of hydrogen-bond donors (Lipinski definition) is 3. The number of aliphatic carboxylic acids is 1. The number of carboxylic acids is 1. The molecule has 4 N–H and O–H groups in total. The van der Waals surface area contributed by atoms with Gasteiger partial charge < -0.3 is 25.6 Å². The van der Waals surface area contributed by atoms with E-state index in [1.807, 2.05) is 72.8 Å². The Kier molecular flexibility index (Phi) is 21.6. The van der Waals surface area contributed by atoms with Gasteiger partial charge in [-0.25, -0.2) is 8.78 Å². The molecule has 2 fully saturated rings. The molecule has 4 aromatic carbocycles. The molecule has 15 heteroatoms. The summed E-state index contributed by atoms with van der Waals surface area (Å²) in [6, 6.07) is 35.7. The Morgan fingerprint density at radius 2 is 1.07 bits per heavy atom.